The maximum atomic E-state index is 13.2. The molecule has 0 aliphatic heterocycles. The summed E-state index contributed by atoms with van der Waals surface area (Å²) in [6.45, 7) is 1.03. The summed E-state index contributed by atoms with van der Waals surface area (Å²) in [7, 11) is 1.58. The molecule has 0 radical (unpaired) electrons. The Hall–Kier alpha value is -1.47. The number of hydrogen-bond donors (Lipinski definition) is 3. The first-order chi connectivity index (χ1) is 7.69. The highest BCUT2D eigenvalue weighted by atomic mass is 19.1. The number of aromatic nitrogens is 1. The Balaban J connectivity index is 2.64. The van der Waals surface area contributed by atoms with Crippen LogP contribution in [0.25, 0.3) is 0 Å². The van der Waals surface area contributed by atoms with Crippen LogP contribution in [0.5, 0.6) is 0 Å². The van der Waals surface area contributed by atoms with Crippen molar-refractivity contribution in [2.24, 2.45) is 5.84 Å². The van der Waals surface area contributed by atoms with Gasteiger partial charge < -0.3 is 15.5 Å². The van der Waals surface area contributed by atoms with Crippen molar-refractivity contribution in [2.75, 3.05) is 31.0 Å². The minimum Gasteiger partial charge on any atom is -0.385 e. The molecule has 7 heteroatoms. The van der Waals surface area contributed by atoms with Crippen molar-refractivity contribution < 1.29 is 13.5 Å². The predicted molar refractivity (Wildman–Crippen MR) is 56.9 cm³/mol. The fourth-order valence-electron chi connectivity index (χ4n) is 1.12. The molecule has 0 fully saturated rings. The van der Waals surface area contributed by atoms with E-state index in [2.05, 4.69) is 10.3 Å². The van der Waals surface area contributed by atoms with Crippen molar-refractivity contribution in [3.05, 3.63) is 17.7 Å². The number of nitrogens with zero attached hydrogens (tertiary/aromatic N) is 1. The average Bonchev–Trinajstić information content (AvgIpc) is 2.27. The lowest BCUT2D eigenvalue weighted by Gasteiger charge is -2.08. The van der Waals surface area contributed by atoms with Crippen molar-refractivity contribution in [3.63, 3.8) is 0 Å². The predicted octanol–water partition coefficient (Wildman–Crippen LogP) is 1.09. The molecule has 1 rings (SSSR count). The summed E-state index contributed by atoms with van der Waals surface area (Å²) in [4.78, 5) is 3.65. The summed E-state index contributed by atoms with van der Waals surface area (Å²) in [6.07, 6.45) is 0.695. The quantitative estimate of drug-likeness (QED) is 0.389. The van der Waals surface area contributed by atoms with E-state index in [1.54, 1.807) is 7.11 Å². The maximum absolute atomic E-state index is 13.2. The number of nitrogen functional groups attached to an aromatic ring is 1. The van der Waals surface area contributed by atoms with Gasteiger partial charge in [-0.15, -0.1) is 0 Å². The summed E-state index contributed by atoms with van der Waals surface area (Å²) >= 11 is 0. The Morgan fingerprint density at radius 1 is 1.38 bits per heavy atom. The molecule has 90 valence electrons. The van der Waals surface area contributed by atoms with Gasteiger partial charge in [-0.2, -0.15) is 0 Å². The van der Waals surface area contributed by atoms with Crippen LogP contribution in [-0.4, -0.2) is 25.2 Å². The molecule has 1 aromatic rings. The van der Waals surface area contributed by atoms with E-state index in [4.69, 9.17) is 10.6 Å². The number of nitrogens with two attached hydrogens (primary N) is 1. The molecule has 1 aromatic heterocycles. The molecule has 16 heavy (non-hydrogen) atoms. The number of methoxy groups -OCH3 is 1. The van der Waals surface area contributed by atoms with Crippen LogP contribution in [0.15, 0.2) is 6.07 Å². The van der Waals surface area contributed by atoms with Crippen molar-refractivity contribution in [3.8, 4) is 0 Å². The van der Waals surface area contributed by atoms with Gasteiger partial charge >= 0.3 is 0 Å². The zero-order valence-corrected chi connectivity index (χ0v) is 8.89. The fraction of sp³-hybridized carbons (Fsp3) is 0.444. The number of rotatable bonds is 6. The molecule has 0 unspecified atom stereocenters. The minimum atomic E-state index is -0.831. The van der Waals surface area contributed by atoms with Crippen molar-refractivity contribution >= 4 is 11.6 Å². The number of hydrazine groups is 1. The lowest BCUT2D eigenvalue weighted by atomic mass is 10.4. The van der Waals surface area contributed by atoms with Gasteiger partial charge in [0.1, 0.15) is 0 Å². The second-order valence-corrected chi connectivity index (χ2v) is 3.07. The first kappa shape index (κ1) is 12.6. The Labute approximate surface area is 92.0 Å². The molecule has 0 amide bonds. The highest BCUT2D eigenvalue weighted by Gasteiger charge is 2.10. The van der Waals surface area contributed by atoms with E-state index >= 15 is 0 Å². The first-order valence-electron chi connectivity index (χ1n) is 4.74. The Morgan fingerprint density at radius 3 is 2.69 bits per heavy atom. The highest BCUT2D eigenvalue weighted by Crippen LogP contribution is 2.17. The third-order valence-electron chi connectivity index (χ3n) is 1.88. The van der Waals surface area contributed by atoms with Gasteiger partial charge in [0.05, 0.1) is 0 Å². The van der Waals surface area contributed by atoms with E-state index < -0.39 is 11.6 Å². The molecule has 0 saturated carbocycles. The van der Waals surface area contributed by atoms with E-state index in [1.807, 2.05) is 5.43 Å². The van der Waals surface area contributed by atoms with Crippen LogP contribution in [0.4, 0.5) is 20.4 Å². The van der Waals surface area contributed by atoms with E-state index in [1.165, 1.54) is 0 Å². The monoisotopic (exact) mass is 232 g/mol. The van der Waals surface area contributed by atoms with Crippen LogP contribution in [-0.2, 0) is 4.74 Å². The van der Waals surface area contributed by atoms with Crippen LogP contribution in [0.1, 0.15) is 6.42 Å². The smallest absolute Gasteiger partial charge is 0.178 e. The van der Waals surface area contributed by atoms with Crippen LogP contribution < -0.4 is 16.6 Å². The molecule has 4 N–H and O–H groups in total. The van der Waals surface area contributed by atoms with Gasteiger partial charge in [0.15, 0.2) is 23.3 Å². The zero-order chi connectivity index (χ0) is 12.0. The lowest BCUT2D eigenvalue weighted by Crippen LogP contribution is -2.14. The fourth-order valence-corrected chi connectivity index (χ4v) is 1.12. The second-order valence-electron chi connectivity index (χ2n) is 3.07. The van der Waals surface area contributed by atoms with Crippen LogP contribution in [0, 0.1) is 11.6 Å². The minimum absolute atomic E-state index is 0.0366. The first-order valence-corrected chi connectivity index (χ1v) is 4.74. The normalized spacial score (nSPS) is 10.2. The SMILES string of the molecule is COCCCNc1nc(NN)c(F)cc1F. The third kappa shape index (κ3) is 3.28. The lowest BCUT2D eigenvalue weighted by molar-refractivity contribution is 0.197. The molecular formula is C9H14F2N4O. The molecule has 5 nitrogen and oxygen atoms in total. The zero-order valence-electron chi connectivity index (χ0n) is 8.89. The van der Waals surface area contributed by atoms with Crippen molar-refractivity contribution in [1.29, 1.82) is 0 Å². The van der Waals surface area contributed by atoms with Gasteiger partial charge in [0.2, 0.25) is 0 Å². The second kappa shape index (κ2) is 6.19. The highest BCUT2D eigenvalue weighted by molar-refractivity contribution is 5.46. The van der Waals surface area contributed by atoms with E-state index in [9.17, 15) is 8.78 Å². The average molecular weight is 232 g/mol. The number of halogens is 2. The third-order valence-corrected chi connectivity index (χ3v) is 1.88. The van der Waals surface area contributed by atoms with Crippen molar-refractivity contribution in [1.82, 2.24) is 4.98 Å². The maximum Gasteiger partial charge on any atom is 0.178 e. The topological polar surface area (TPSA) is 72.2 Å². The van der Waals surface area contributed by atoms with Gasteiger partial charge in [-0.05, 0) is 6.42 Å². The molecule has 0 atom stereocenters. The summed E-state index contributed by atoms with van der Waals surface area (Å²) in [5.74, 6) is 3.20. The number of nitrogens with one attached hydrogen (secondary N) is 2. The molecule has 0 spiro atoms. The molecule has 0 bridgehead atoms. The van der Waals surface area contributed by atoms with Gasteiger partial charge in [-0.3, -0.25) is 0 Å². The van der Waals surface area contributed by atoms with Gasteiger partial charge in [0.25, 0.3) is 0 Å². The van der Waals surface area contributed by atoms with Crippen LogP contribution >= 0.6 is 0 Å². The largest absolute Gasteiger partial charge is 0.385 e. The van der Waals surface area contributed by atoms with Crippen molar-refractivity contribution in [2.45, 2.75) is 6.42 Å². The standard InChI is InChI=1S/C9H14F2N4O/c1-16-4-2-3-13-8-6(10)5-7(11)9(14-8)15-12/h5H,2-4,12H2,1H3,(H2,13,14,15). The van der Waals surface area contributed by atoms with Crippen LogP contribution in [0.2, 0.25) is 0 Å². The molecular weight excluding hydrogens is 218 g/mol. The van der Waals surface area contributed by atoms with E-state index in [0.29, 0.717) is 19.6 Å². The van der Waals surface area contributed by atoms with Crippen LogP contribution in [0.3, 0.4) is 0 Å². The Morgan fingerprint density at radius 2 is 2.06 bits per heavy atom. The van der Waals surface area contributed by atoms with Gasteiger partial charge in [-0.25, -0.2) is 19.6 Å². The molecule has 0 aliphatic carbocycles. The number of hydrogen-bond acceptors (Lipinski definition) is 5. The number of pyridine rings is 1. The van der Waals surface area contributed by atoms with Gasteiger partial charge in [0, 0.05) is 26.3 Å². The van der Waals surface area contributed by atoms with E-state index in [-0.39, 0.29) is 11.6 Å². The summed E-state index contributed by atoms with van der Waals surface area (Å²) in [5, 5.41) is 2.72. The van der Waals surface area contributed by atoms with Gasteiger partial charge in [-0.1, -0.05) is 0 Å². The Bertz CT molecular complexity index is 349. The molecule has 0 saturated heterocycles. The summed E-state index contributed by atoms with van der Waals surface area (Å²) < 4.78 is 31.0. The number of ether oxygens (including phenoxy) is 1. The summed E-state index contributed by atoms with van der Waals surface area (Å²) in [5.41, 5.74) is 2.05. The molecule has 0 aromatic carbocycles. The Kier molecular flexibility index (Phi) is 4.87. The molecule has 1 heterocycles. The number of anilines is 2. The van der Waals surface area contributed by atoms with E-state index in [0.717, 1.165) is 6.07 Å². The molecule has 0 aliphatic rings. The summed E-state index contributed by atoms with van der Waals surface area (Å²) in [6, 6.07) is 0.723.